The number of hydrazone groups is 1. The normalized spacial score (nSPS) is 22.8. The Labute approximate surface area is 117 Å². The summed E-state index contributed by atoms with van der Waals surface area (Å²) in [5, 5.41) is 6.55. The second-order valence-electron chi connectivity index (χ2n) is 4.94. The van der Waals surface area contributed by atoms with Gasteiger partial charge in [-0.05, 0) is 42.9 Å². The van der Waals surface area contributed by atoms with E-state index in [0.29, 0.717) is 0 Å². The summed E-state index contributed by atoms with van der Waals surface area (Å²) in [6, 6.07) is 0. The molecular weight excluding hydrogens is 232 g/mol. The zero-order valence-corrected chi connectivity index (χ0v) is 12.1. The van der Waals surface area contributed by atoms with Crippen molar-refractivity contribution in [2.45, 2.75) is 26.2 Å². The second-order valence-corrected chi connectivity index (χ2v) is 4.94. The smallest absolute Gasteiger partial charge is 0.0635 e. The van der Waals surface area contributed by atoms with Crippen LogP contribution in [-0.2, 0) is 0 Å². The van der Waals surface area contributed by atoms with E-state index in [1.54, 1.807) is 12.2 Å². The van der Waals surface area contributed by atoms with Crippen molar-refractivity contribution >= 4 is 5.71 Å². The topological polar surface area (TPSA) is 15.6 Å². The molecule has 0 saturated heterocycles. The number of hydrogen-bond donors (Lipinski definition) is 0. The highest BCUT2D eigenvalue weighted by atomic mass is 15.4. The van der Waals surface area contributed by atoms with Gasteiger partial charge >= 0.3 is 0 Å². The highest BCUT2D eigenvalue weighted by Crippen LogP contribution is 2.25. The summed E-state index contributed by atoms with van der Waals surface area (Å²) in [5.41, 5.74) is 3.26. The highest BCUT2D eigenvalue weighted by Gasteiger charge is 2.17. The molecular formula is C17H24N2. The molecule has 0 spiro atoms. The maximum atomic E-state index is 4.67. The van der Waals surface area contributed by atoms with Crippen molar-refractivity contribution in [3.8, 4) is 0 Å². The van der Waals surface area contributed by atoms with Crippen LogP contribution in [0, 0.1) is 5.92 Å². The second kappa shape index (κ2) is 7.57. The van der Waals surface area contributed by atoms with E-state index < -0.39 is 0 Å². The molecule has 0 N–H and O–H groups in total. The largest absolute Gasteiger partial charge is 0.268 e. The third-order valence-corrected chi connectivity index (χ3v) is 3.21. The van der Waals surface area contributed by atoms with E-state index in [9.17, 15) is 0 Å². The monoisotopic (exact) mass is 256 g/mol. The molecule has 0 bridgehead atoms. The van der Waals surface area contributed by atoms with Gasteiger partial charge in [0, 0.05) is 7.05 Å². The molecule has 19 heavy (non-hydrogen) atoms. The Hall–Kier alpha value is -1.83. The average molecular weight is 256 g/mol. The molecule has 2 nitrogen and oxygen atoms in total. The van der Waals surface area contributed by atoms with Gasteiger partial charge in [0.2, 0.25) is 0 Å². The molecule has 0 aromatic heterocycles. The van der Waals surface area contributed by atoms with Gasteiger partial charge in [0.1, 0.15) is 0 Å². The Balaban J connectivity index is 2.86. The van der Waals surface area contributed by atoms with Crippen LogP contribution in [0.4, 0.5) is 0 Å². The van der Waals surface area contributed by atoms with Crippen molar-refractivity contribution in [1.29, 1.82) is 0 Å². The van der Waals surface area contributed by atoms with Gasteiger partial charge in [0.15, 0.2) is 0 Å². The third-order valence-electron chi connectivity index (χ3n) is 3.21. The first kappa shape index (κ1) is 15.2. The molecule has 102 valence electrons. The van der Waals surface area contributed by atoms with Crippen LogP contribution in [0.15, 0.2) is 66.5 Å². The van der Waals surface area contributed by atoms with Gasteiger partial charge in [-0.25, -0.2) is 0 Å². The van der Waals surface area contributed by atoms with E-state index in [0.717, 1.165) is 35.7 Å². The molecule has 0 aliphatic heterocycles. The first-order valence-corrected chi connectivity index (χ1v) is 6.69. The van der Waals surface area contributed by atoms with Crippen molar-refractivity contribution < 1.29 is 0 Å². The summed E-state index contributed by atoms with van der Waals surface area (Å²) in [6.45, 7) is 13.8. The standard InChI is InChI=1S/C17H24N2/c1-6-8-10-16(9-7-2)19(5)18-17-12-11-14(3)13-15(17)4/h6-10,14H,1-2,4,11-13H2,3,5H3/b10-8-,16-9+,18-17-. The van der Waals surface area contributed by atoms with E-state index in [1.165, 1.54) is 6.42 Å². The first-order valence-electron chi connectivity index (χ1n) is 6.69. The summed E-state index contributed by atoms with van der Waals surface area (Å²) in [4.78, 5) is 0. The van der Waals surface area contributed by atoms with Crippen LogP contribution >= 0.6 is 0 Å². The number of nitrogens with zero attached hydrogens (tertiary/aromatic N) is 2. The molecule has 0 aromatic carbocycles. The number of rotatable bonds is 5. The van der Waals surface area contributed by atoms with E-state index in [4.69, 9.17) is 0 Å². The molecule has 0 heterocycles. The minimum absolute atomic E-state index is 0.723. The number of allylic oxidation sites excluding steroid dienone is 6. The SMILES string of the molecule is C=C/C=C\C(=C/C=C)N(C)/N=C1/CCC(C)CC1=C. The van der Waals surface area contributed by atoms with Crippen LogP contribution in [0.25, 0.3) is 0 Å². The van der Waals surface area contributed by atoms with Gasteiger partial charge in [-0.2, -0.15) is 5.10 Å². The minimum Gasteiger partial charge on any atom is -0.268 e. The first-order chi connectivity index (χ1) is 9.08. The molecule has 0 amide bonds. The van der Waals surface area contributed by atoms with Gasteiger partial charge in [-0.3, -0.25) is 5.01 Å². The Bertz CT molecular complexity index is 438. The number of likely N-dealkylation sites (N-methyl/N-ethyl adjacent to an activating group) is 1. The Morgan fingerprint density at radius 3 is 2.68 bits per heavy atom. The zero-order valence-electron chi connectivity index (χ0n) is 12.1. The van der Waals surface area contributed by atoms with E-state index in [-0.39, 0.29) is 0 Å². The maximum Gasteiger partial charge on any atom is 0.0635 e. The van der Waals surface area contributed by atoms with Gasteiger partial charge in [0.05, 0.1) is 11.4 Å². The molecule has 0 aromatic rings. The number of hydrogen-bond acceptors (Lipinski definition) is 2. The average Bonchev–Trinajstić information content (AvgIpc) is 2.37. The zero-order chi connectivity index (χ0) is 14.3. The van der Waals surface area contributed by atoms with Crippen molar-refractivity contribution in [2.24, 2.45) is 11.0 Å². The third kappa shape index (κ3) is 4.74. The van der Waals surface area contributed by atoms with Gasteiger partial charge < -0.3 is 0 Å². The fourth-order valence-electron chi connectivity index (χ4n) is 2.12. The van der Waals surface area contributed by atoms with Crippen LogP contribution in [0.2, 0.25) is 0 Å². The van der Waals surface area contributed by atoms with E-state index in [1.807, 2.05) is 30.3 Å². The maximum absolute atomic E-state index is 4.67. The van der Waals surface area contributed by atoms with Crippen molar-refractivity contribution in [1.82, 2.24) is 5.01 Å². The fourth-order valence-corrected chi connectivity index (χ4v) is 2.12. The van der Waals surface area contributed by atoms with Crippen LogP contribution in [0.1, 0.15) is 26.2 Å². The van der Waals surface area contributed by atoms with Crippen molar-refractivity contribution in [3.05, 3.63) is 61.4 Å². The summed E-state index contributed by atoms with van der Waals surface area (Å²) in [6.07, 6.45) is 12.5. The predicted octanol–water partition coefficient (Wildman–Crippen LogP) is 4.46. The summed E-state index contributed by atoms with van der Waals surface area (Å²) < 4.78 is 0. The molecule has 0 radical (unpaired) electrons. The molecule has 1 aliphatic carbocycles. The lowest BCUT2D eigenvalue weighted by Gasteiger charge is -2.24. The Morgan fingerprint density at radius 1 is 1.37 bits per heavy atom. The lowest BCUT2D eigenvalue weighted by atomic mass is 9.86. The highest BCUT2D eigenvalue weighted by molar-refractivity contribution is 6.00. The van der Waals surface area contributed by atoms with Crippen LogP contribution < -0.4 is 0 Å². The van der Waals surface area contributed by atoms with Gasteiger partial charge in [-0.1, -0.05) is 44.9 Å². The lowest BCUT2D eigenvalue weighted by Crippen LogP contribution is -2.19. The summed E-state index contributed by atoms with van der Waals surface area (Å²) in [7, 11) is 1.95. The summed E-state index contributed by atoms with van der Waals surface area (Å²) >= 11 is 0. The van der Waals surface area contributed by atoms with Crippen LogP contribution in [0.5, 0.6) is 0 Å². The molecule has 2 heteroatoms. The lowest BCUT2D eigenvalue weighted by molar-refractivity contribution is 0.450. The van der Waals surface area contributed by atoms with Crippen molar-refractivity contribution in [3.63, 3.8) is 0 Å². The van der Waals surface area contributed by atoms with Gasteiger partial charge in [0.25, 0.3) is 0 Å². The van der Waals surface area contributed by atoms with Crippen molar-refractivity contribution in [2.75, 3.05) is 7.05 Å². The quantitative estimate of drug-likeness (QED) is 0.523. The molecule has 1 fully saturated rings. The Morgan fingerprint density at radius 2 is 2.11 bits per heavy atom. The van der Waals surface area contributed by atoms with E-state index >= 15 is 0 Å². The van der Waals surface area contributed by atoms with Crippen LogP contribution in [0.3, 0.4) is 0 Å². The van der Waals surface area contributed by atoms with Crippen LogP contribution in [-0.4, -0.2) is 17.8 Å². The Kier molecular flexibility index (Phi) is 6.07. The molecule has 1 rings (SSSR count). The molecule has 1 unspecified atom stereocenters. The molecule has 1 atom stereocenters. The predicted molar refractivity (Wildman–Crippen MR) is 85.0 cm³/mol. The summed E-state index contributed by atoms with van der Waals surface area (Å²) in [5.74, 6) is 0.723. The molecule has 1 saturated carbocycles. The van der Waals surface area contributed by atoms with E-state index in [2.05, 4.69) is 31.8 Å². The van der Waals surface area contributed by atoms with Gasteiger partial charge in [-0.15, -0.1) is 0 Å². The minimum atomic E-state index is 0.723. The molecule has 1 aliphatic rings. The fraction of sp³-hybridized carbons (Fsp3) is 0.353.